The van der Waals surface area contributed by atoms with Gasteiger partial charge in [0, 0.05) is 21.5 Å². The fourth-order valence-corrected chi connectivity index (χ4v) is 5.63. The molecule has 25 heavy (non-hydrogen) atoms. The second-order valence-electron chi connectivity index (χ2n) is 6.03. The second-order valence-corrected chi connectivity index (χ2v) is 9.70. The summed E-state index contributed by atoms with van der Waals surface area (Å²) in [6.45, 7) is 0.322. The summed E-state index contributed by atoms with van der Waals surface area (Å²) in [4.78, 5) is 15.4. The number of sulfone groups is 1. The minimum Gasteiger partial charge on any atom is -0.333 e. The predicted octanol–water partition coefficient (Wildman–Crippen LogP) is 3.30. The largest absolute Gasteiger partial charge is 0.333 e. The highest BCUT2D eigenvalue weighted by atomic mass is 35.5. The maximum Gasteiger partial charge on any atom is 0.227 e. The lowest BCUT2D eigenvalue weighted by Gasteiger charge is -2.28. The summed E-state index contributed by atoms with van der Waals surface area (Å²) in [6.07, 6.45) is 0.220. The molecule has 0 radical (unpaired) electrons. The number of thiophene rings is 1. The lowest BCUT2D eigenvalue weighted by molar-refractivity contribution is -0.133. The van der Waals surface area contributed by atoms with E-state index >= 15 is 0 Å². The number of rotatable bonds is 5. The number of hydrogen-bond donors (Lipinski definition) is 0. The van der Waals surface area contributed by atoms with Crippen LogP contribution in [0.5, 0.6) is 0 Å². The first-order chi connectivity index (χ1) is 11.9. The molecule has 1 aromatic carbocycles. The molecule has 0 N–H and O–H groups in total. The lowest BCUT2D eigenvalue weighted by Crippen LogP contribution is -2.41. The van der Waals surface area contributed by atoms with E-state index in [1.54, 1.807) is 4.90 Å². The first-order valence-electron chi connectivity index (χ1n) is 7.81. The molecule has 1 atom stereocenters. The molecule has 4 nitrogen and oxygen atoms in total. The minimum absolute atomic E-state index is 0.0465. The molecule has 1 fully saturated rings. The van der Waals surface area contributed by atoms with E-state index in [-0.39, 0.29) is 40.5 Å². The van der Waals surface area contributed by atoms with Crippen LogP contribution in [0.4, 0.5) is 4.39 Å². The van der Waals surface area contributed by atoms with Crippen LogP contribution < -0.4 is 0 Å². The second kappa shape index (κ2) is 7.43. The maximum absolute atomic E-state index is 14.0. The Labute approximate surface area is 155 Å². The van der Waals surface area contributed by atoms with Crippen LogP contribution in [0.15, 0.2) is 35.7 Å². The van der Waals surface area contributed by atoms with Gasteiger partial charge in [-0.2, -0.15) is 0 Å². The van der Waals surface area contributed by atoms with Crippen molar-refractivity contribution >= 4 is 38.7 Å². The third-order valence-electron chi connectivity index (χ3n) is 4.27. The van der Waals surface area contributed by atoms with Crippen LogP contribution in [0, 0.1) is 5.82 Å². The highest BCUT2D eigenvalue weighted by molar-refractivity contribution is 7.91. The molecular formula is C17H17ClFNO3S2. The summed E-state index contributed by atoms with van der Waals surface area (Å²) in [6, 6.07) is 7.67. The van der Waals surface area contributed by atoms with Crippen LogP contribution in [0.25, 0.3) is 0 Å². The van der Waals surface area contributed by atoms with Crippen molar-refractivity contribution < 1.29 is 17.6 Å². The molecule has 8 heteroatoms. The normalized spacial score (nSPS) is 19.0. The van der Waals surface area contributed by atoms with Crippen LogP contribution >= 0.6 is 22.9 Å². The number of benzene rings is 1. The molecule has 0 unspecified atom stereocenters. The van der Waals surface area contributed by atoms with Gasteiger partial charge in [0.2, 0.25) is 5.91 Å². The van der Waals surface area contributed by atoms with Gasteiger partial charge in [-0.15, -0.1) is 11.3 Å². The Kier molecular flexibility index (Phi) is 5.46. The molecule has 1 saturated heterocycles. The fourth-order valence-electron chi connectivity index (χ4n) is 2.97. The highest BCUT2D eigenvalue weighted by Gasteiger charge is 2.35. The summed E-state index contributed by atoms with van der Waals surface area (Å²) >= 11 is 7.52. The van der Waals surface area contributed by atoms with Gasteiger partial charge in [-0.1, -0.05) is 23.7 Å². The molecular weight excluding hydrogens is 385 g/mol. The van der Waals surface area contributed by atoms with Crippen LogP contribution in [-0.4, -0.2) is 36.8 Å². The van der Waals surface area contributed by atoms with Gasteiger partial charge >= 0.3 is 0 Å². The number of carbonyl (C=O) groups excluding carboxylic acids is 1. The number of nitrogens with zero attached hydrogens (tertiary/aromatic N) is 1. The van der Waals surface area contributed by atoms with Gasteiger partial charge in [-0.25, -0.2) is 12.8 Å². The SMILES string of the molecule is O=C(Cc1c(F)cccc1Cl)N(Cc1cccs1)[C@@H]1CCS(=O)(=O)C1. The van der Waals surface area contributed by atoms with Crippen molar-refractivity contribution in [1.29, 1.82) is 0 Å². The van der Waals surface area contributed by atoms with Gasteiger partial charge in [0.15, 0.2) is 9.84 Å². The van der Waals surface area contributed by atoms with E-state index in [1.807, 2.05) is 17.5 Å². The van der Waals surface area contributed by atoms with Gasteiger partial charge in [-0.3, -0.25) is 4.79 Å². The quantitative estimate of drug-likeness (QED) is 0.772. The van der Waals surface area contributed by atoms with Gasteiger partial charge in [-0.05, 0) is 30.0 Å². The molecule has 1 aliphatic heterocycles. The first kappa shape index (κ1) is 18.4. The van der Waals surface area contributed by atoms with Gasteiger partial charge < -0.3 is 4.90 Å². The number of amides is 1. The summed E-state index contributed by atoms with van der Waals surface area (Å²) in [5.74, 6) is -0.819. The van der Waals surface area contributed by atoms with E-state index in [4.69, 9.17) is 11.6 Å². The Morgan fingerprint density at radius 2 is 2.12 bits per heavy atom. The minimum atomic E-state index is -3.13. The Bertz CT molecular complexity index is 848. The maximum atomic E-state index is 14.0. The van der Waals surface area contributed by atoms with Crippen LogP contribution in [-0.2, 0) is 27.6 Å². The third kappa shape index (κ3) is 4.40. The third-order valence-corrected chi connectivity index (χ3v) is 7.23. The first-order valence-corrected chi connectivity index (χ1v) is 10.9. The average molecular weight is 402 g/mol. The molecule has 1 amide bonds. The van der Waals surface area contributed by atoms with E-state index in [9.17, 15) is 17.6 Å². The Hall–Kier alpha value is -1.44. The monoisotopic (exact) mass is 401 g/mol. The summed E-state index contributed by atoms with van der Waals surface area (Å²) in [7, 11) is -3.13. The average Bonchev–Trinajstić information content (AvgIpc) is 3.17. The topological polar surface area (TPSA) is 54.5 Å². The standard InChI is InChI=1S/C17H17ClFNO3S2/c18-15-4-1-5-16(19)14(15)9-17(21)20(10-13-3-2-7-24-13)12-6-8-25(22,23)11-12/h1-5,7,12H,6,8-11H2/t12-/m1/s1. The number of halogens is 2. The van der Waals surface area contributed by atoms with Crippen molar-refractivity contribution in [2.75, 3.05) is 11.5 Å². The van der Waals surface area contributed by atoms with Crippen LogP contribution in [0.3, 0.4) is 0 Å². The van der Waals surface area contributed by atoms with Crippen molar-refractivity contribution in [1.82, 2.24) is 4.90 Å². The molecule has 0 saturated carbocycles. The summed E-state index contributed by atoms with van der Waals surface area (Å²) in [5.41, 5.74) is 0.145. The zero-order valence-corrected chi connectivity index (χ0v) is 15.7. The zero-order chi connectivity index (χ0) is 18.0. The van der Waals surface area contributed by atoms with Gasteiger partial charge in [0.1, 0.15) is 5.82 Å². The van der Waals surface area contributed by atoms with E-state index in [0.717, 1.165) is 4.88 Å². The Balaban J connectivity index is 1.84. The van der Waals surface area contributed by atoms with Gasteiger partial charge in [0.05, 0.1) is 24.5 Å². The molecule has 3 rings (SSSR count). The van der Waals surface area contributed by atoms with Crippen molar-refractivity contribution in [3.63, 3.8) is 0 Å². The molecule has 0 aliphatic carbocycles. The molecule has 2 heterocycles. The smallest absolute Gasteiger partial charge is 0.227 e. The van der Waals surface area contributed by atoms with E-state index < -0.39 is 15.7 Å². The van der Waals surface area contributed by atoms with E-state index in [2.05, 4.69) is 0 Å². The van der Waals surface area contributed by atoms with Crippen molar-refractivity contribution in [2.45, 2.75) is 25.4 Å². The molecule has 0 spiro atoms. The van der Waals surface area contributed by atoms with Gasteiger partial charge in [0.25, 0.3) is 0 Å². The molecule has 1 aliphatic rings. The molecule has 2 aromatic rings. The zero-order valence-electron chi connectivity index (χ0n) is 13.3. The van der Waals surface area contributed by atoms with Crippen LogP contribution in [0.2, 0.25) is 5.02 Å². The Morgan fingerprint density at radius 3 is 2.72 bits per heavy atom. The highest BCUT2D eigenvalue weighted by Crippen LogP contribution is 2.25. The predicted molar refractivity (Wildman–Crippen MR) is 97.0 cm³/mol. The lowest BCUT2D eigenvalue weighted by atomic mass is 10.1. The van der Waals surface area contributed by atoms with E-state index in [0.29, 0.717) is 13.0 Å². The summed E-state index contributed by atoms with van der Waals surface area (Å²) in [5, 5.41) is 2.10. The molecule has 1 aromatic heterocycles. The Morgan fingerprint density at radius 1 is 1.32 bits per heavy atom. The number of hydrogen-bond acceptors (Lipinski definition) is 4. The van der Waals surface area contributed by atoms with Crippen molar-refractivity contribution in [3.8, 4) is 0 Å². The molecule has 134 valence electrons. The fraction of sp³-hybridized carbons (Fsp3) is 0.353. The van der Waals surface area contributed by atoms with Crippen molar-refractivity contribution in [3.05, 3.63) is 57.0 Å². The van der Waals surface area contributed by atoms with Crippen LogP contribution in [0.1, 0.15) is 16.9 Å². The summed E-state index contributed by atoms with van der Waals surface area (Å²) < 4.78 is 37.6. The number of carbonyl (C=O) groups is 1. The van der Waals surface area contributed by atoms with Crippen molar-refractivity contribution in [2.24, 2.45) is 0 Å². The van der Waals surface area contributed by atoms with E-state index in [1.165, 1.54) is 29.5 Å². The molecule has 0 bridgehead atoms.